The van der Waals surface area contributed by atoms with Gasteiger partial charge in [0.1, 0.15) is 6.26 Å². The smallest absolute Gasteiger partial charge is 0.180 e. The summed E-state index contributed by atoms with van der Waals surface area (Å²) in [5.41, 5.74) is 1.51. The first-order valence-electron chi connectivity index (χ1n) is 5.26. The molecule has 1 heterocycles. The maximum absolute atomic E-state index is 4.92. The fourth-order valence-electron chi connectivity index (χ4n) is 2.18. The van der Waals surface area contributed by atoms with E-state index < -0.39 is 0 Å². The van der Waals surface area contributed by atoms with Crippen molar-refractivity contribution in [3.05, 3.63) is 18.4 Å². The van der Waals surface area contributed by atoms with E-state index in [4.69, 9.17) is 4.42 Å². The Labute approximate surface area is 84.9 Å². The molecule has 0 radical (unpaired) electrons. The number of aromatic nitrogens is 1. The molecule has 1 fully saturated rings. The van der Waals surface area contributed by atoms with E-state index in [9.17, 15) is 0 Å². The van der Waals surface area contributed by atoms with Gasteiger partial charge in [0, 0.05) is 12.6 Å². The van der Waals surface area contributed by atoms with E-state index in [1.807, 2.05) is 0 Å². The maximum atomic E-state index is 4.92. The number of nitrogens with one attached hydrogen (secondary N) is 1. The predicted molar refractivity (Wildman–Crippen MR) is 54.8 cm³/mol. The Balaban J connectivity index is 1.78. The Bertz CT molecular complexity index is 279. The maximum Gasteiger partial charge on any atom is 0.180 e. The summed E-state index contributed by atoms with van der Waals surface area (Å²) in [6.45, 7) is 5.51. The molecule has 78 valence electrons. The third kappa shape index (κ3) is 2.35. The largest absolute Gasteiger partial charge is 0.451 e. The lowest BCUT2D eigenvalue weighted by molar-refractivity contribution is 0.364. The zero-order valence-corrected chi connectivity index (χ0v) is 8.92. The molecule has 1 aromatic rings. The fourth-order valence-corrected chi connectivity index (χ4v) is 2.18. The molecule has 1 atom stereocenters. The van der Waals surface area contributed by atoms with Gasteiger partial charge in [0.25, 0.3) is 0 Å². The van der Waals surface area contributed by atoms with E-state index in [1.165, 1.54) is 25.7 Å². The van der Waals surface area contributed by atoms with Crippen LogP contribution in [0.2, 0.25) is 0 Å². The van der Waals surface area contributed by atoms with Crippen molar-refractivity contribution in [1.82, 2.24) is 10.3 Å². The Morgan fingerprint density at radius 3 is 3.07 bits per heavy atom. The summed E-state index contributed by atoms with van der Waals surface area (Å²) in [4.78, 5) is 4.08. The summed E-state index contributed by atoms with van der Waals surface area (Å²) < 4.78 is 4.92. The van der Waals surface area contributed by atoms with Gasteiger partial charge in [-0.05, 0) is 24.7 Å². The SMILES string of the molecule is CC1(C)CCC(NCc2cocn2)C1. The molecule has 14 heavy (non-hydrogen) atoms. The van der Waals surface area contributed by atoms with Gasteiger partial charge in [0.05, 0.1) is 5.69 Å². The van der Waals surface area contributed by atoms with Crippen molar-refractivity contribution >= 4 is 0 Å². The average molecular weight is 194 g/mol. The summed E-state index contributed by atoms with van der Waals surface area (Å²) in [6, 6.07) is 0.654. The number of hydrogen-bond donors (Lipinski definition) is 1. The van der Waals surface area contributed by atoms with E-state index in [1.54, 1.807) is 6.26 Å². The van der Waals surface area contributed by atoms with Crippen molar-refractivity contribution < 1.29 is 4.42 Å². The highest BCUT2D eigenvalue weighted by Gasteiger charge is 2.30. The van der Waals surface area contributed by atoms with Crippen molar-refractivity contribution in [2.45, 2.75) is 45.7 Å². The first-order chi connectivity index (χ1) is 6.66. The van der Waals surface area contributed by atoms with Gasteiger partial charge in [0.15, 0.2) is 6.39 Å². The summed E-state index contributed by atoms with van der Waals surface area (Å²) >= 11 is 0. The Kier molecular flexibility index (Phi) is 2.59. The van der Waals surface area contributed by atoms with E-state index in [-0.39, 0.29) is 0 Å². The van der Waals surface area contributed by atoms with Crippen LogP contribution in [0.25, 0.3) is 0 Å². The van der Waals surface area contributed by atoms with Gasteiger partial charge in [-0.2, -0.15) is 0 Å². The van der Waals surface area contributed by atoms with Crippen molar-refractivity contribution in [2.75, 3.05) is 0 Å². The molecule has 1 aromatic heterocycles. The molecule has 0 aromatic carbocycles. The molecule has 3 nitrogen and oxygen atoms in total. The minimum absolute atomic E-state index is 0.515. The minimum atomic E-state index is 0.515. The second-order valence-corrected chi connectivity index (χ2v) is 4.96. The Hall–Kier alpha value is -0.830. The lowest BCUT2D eigenvalue weighted by Gasteiger charge is -2.17. The molecule has 3 heteroatoms. The lowest BCUT2D eigenvalue weighted by atomic mass is 9.92. The molecule has 1 N–H and O–H groups in total. The van der Waals surface area contributed by atoms with E-state index in [0.29, 0.717) is 11.5 Å². The van der Waals surface area contributed by atoms with Crippen LogP contribution in [-0.2, 0) is 6.54 Å². The molecule has 0 aliphatic heterocycles. The van der Waals surface area contributed by atoms with Crippen molar-refractivity contribution in [3.8, 4) is 0 Å². The highest BCUT2D eigenvalue weighted by molar-refractivity contribution is 4.93. The van der Waals surface area contributed by atoms with Crippen LogP contribution < -0.4 is 5.32 Å². The third-order valence-corrected chi connectivity index (χ3v) is 3.02. The van der Waals surface area contributed by atoms with Crippen LogP contribution in [-0.4, -0.2) is 11.0 Å². The molecule has 0 bridgehead atoms. The molecular weight excluding hydrogens is 176 g/mol. The fraction of sp³-hybridized carbons (Fsp3) is 0.727. The molecule has 0 spiro atoms. The van der Waals surface area contributed by atoms with Gasteiger partial charge < -0.3 is 9.73 Å². The minimum Gasteiger partial charge on any atom is -0.451 e. The zero-order valence-electron chi connectivity index (χ0n) is 8.92. The standard InChI is InChI=1S/C11H18N2O/c1-11(2)4-3-9(5-11)12-6-10-7-14-8-13-10/h7-9,12H,3-6H2,1-2H3. The summed E-state index contributed by atoms with van der Waals surface area (Å²) in [5, 5.41) is 3.52. The van der Waals surface area contributed by atoms with Crippen LogP contribution in [0.4, 0.5) is 0 Å². The average Bonchev–Trinajstić information content (AvgIpc) is 2.70. The van der Waals surface area contributed by atoms with Crippen LogP contribution in [0.1, 0.15) is 38.8 Å². The summed E-state index contributed by atoms with van der Waals surface area (Å²) in [7, 11) is 0. The van der Waals surface area contributed by atoms with Gasteiger partial charge in [-0.15, -0.1) is 0 Å². The van der Waals surface area contributed by atoms with E-state index in [0.717, 1.165) is 12.2 Å². The molecule has 2 rings (SSSR count). The van der Waals surface area contributed by atoms with Crippen LogP contribution in [0.15, 0.2) is 17.1 Å². The zero-order chi connectivity index (χ0) is 10.0. The van der Waals surface area contributed by atoms with E-state index in [2.05, 4.69) is 24.1 Å². The molecule has 1 saturated carbocycles. The molecule has 1 aliphatic rings. The van der Waals surface area contributed by atoms with Crippen LogP contribution >= 0.6 is 0 Å². The van der Waals surface area contributed by atoms with Crippen LogP contribution in [0.3, 0.4) is 0 Å². The first kappa shape index (κ1) is 9.71. The summed E-state index contributed by atoms with van der Waals surface area (Å²) in [6.07, 6.45) is 7.06. The monoisotopic (exact) mass is 194 g/mol. The number of oxazole rings is 1. The van der Waals surface area contributed by atoms with Gasteiger partial charge in [0.2, 0.25) is 0 Å². The summed E-state index contributed by atoms with van der Waals surface area (Å²) in [5.74, 6) is 0. The molecule has 0 amide bonds. The number of rotatable bonds is 3. The van der Waals surface area contributed by atoms with Crippen molar-refractivity contribution in [2.24, 2.45) is 5.41 Å². The normalized spacial score (nSPS) is 25.4. The number of nitrogens with zero attached hydrogens (tertiary/aromatic N) is 1. The highest BCUT2D eigenvalue weighted by atomic mass is 16.3. The molecule has 1 aliphatic carbocycles. The quantitative estimate of drug-likeness (QED) is 0.802. The van der Waals surface area contributed by atoms with Crippen LogP contribution in [0, 0.1) is 5.41 Å². The number of hydrogen-bond acceptors (Lipinski definition) is 3. The topological polar surface area (TPSA) is 38.1 Å². The van der Waals surface area contributed by atoms with E-state index >= 15 is 0 Å². The second kappa shape index (κ2) is 3.73. The van der Waals surface area contributed by atoms with Crippen molar-refractivity contribution in [1.29, 1.82) is 0 Å². The van der Waals surface area contributed by atoms with Gasteiger partial charge in [-0.1, -0.05) is 13.8 Å². The lowest BCUT2D eigenvalue weighted by Crippen LogP contribution is -2.26. The molecule has 0 saturated heterocycles. The second-order valence-electron chi connectivity index (χ2n) is 4.96. The molecular formula is C11H18N2O. The Morgan fingerprint density at radius 1 is 1.64 bits per heavy atom. The van der Waals surface area contributed by atoms with Gasteiger partial charge in [-0.25, -0.2) is 4.98 Å². The van der Waals surface area contributed by atoms with Crippen molar-refractivity contribution in [3.63, 3.8) is 0 Å². The van der Waals surface area contributed by atoms with Gasteiger partial charge in [-0.3, -0.25) is 0 Å². The first-order valence-corrected chi connectivity index (χ1v) is 5.26. The van der Waals surface area contributed by atoms with Gasteiger partial charge >= 0.3 is 0 Å². The molecule has 1 unspecified atom stereocenters. The highest BCUT2D eigenvalue weighted by Crippen LogP contribution is 2.36. The third-order valence-electron chi connectivity index (χ3n) is 3.02. The predicted octanol–water partition coefficient (Wildman–Crippen LogP) is 2.34. The van der Waals surface area contributed by atoms with Crippen LogP contribution in [0.5, 0.6) is 0 Å². The Morgan fingerprint density at radius 2 is 2.50 bits per heavy atom.